The Morgan fingerprint density at radius 2 is 2.17 bits per heavy atom. The smallest absolute Gasteiger partial charge is 0.339 e. The van der Waals surface area contributed by atoms with Crippen molar-refractivity contribution in [3.8, 4) is 6.07 Å². The van der Waals surface area contributed by atoms with Crippen molar-refractivity contribution in [2.75, 3.05) is 13.6 Å². The van der Waals surface area contributed by atoms with E-state index in [9.17, 15) is 19.7 Å². The maximum absolute atomic E-state index is 12.0. The summed E-state index contributed by atoms with van der Waals surface area (Å²) >= 11 is 3.02. The van der Waals surface area contributed by atoms with Crippen LogP contribution in [0.2, 0.25) is 0 Å². The van der Waals surface area contributed by atoms with Crippen molar-refractivity contribution in [3.63, 3.8) is 0 Å². The lowest BCUT2D eigenvalue weighted by Crippen LogP contribution is -2.37. The summed E-state index contributed by atoms with van der Waals surface area (Å²) in [4.78, 5) is 35.5. The van der Waals surface area contributed by atoms with Gasteiger partial charge in [-0.2, -0.15) is 5.26 Å². The Morgan fingerprint density at radius 1 is 1.52 bits per heavy atom. The van der Waals surface area contributed by atoms with E-state index in [0.29, 0.717) is 0 Å². The predicted octanol–water partition coefficient (Wildman–Crippen LogP) is 2.27. The van der Waals surface area contributed by atoms with Gasteiger partial charge in [0, 0.05) is 19.7 Å². The highest BCUT2D eigenvalue weighted by Crippen LogP contribution is 2.26. The zero-order valence-electron chi connectivity index (χ0n) is 12.5. The molecule has 1 atom stereocenters. The average Bonchev–Trinajstić information content (AvgIpc) is 2.51. The minimum absolute atomic E-state index is 0.0285. The number of hydrogen-bond acceptors (Lipinski definition) is 6. The van der Waals surface area contributed by atoms with Gasteiger partial charge in [0.2, 0.25) is 0 Å². The lowest BCUT2D eigenvalue weighted by Gasteiger charge is -2.20. The number of carbonyl (C=O) groups is 2. The molecule has 0 aliphatic carbocycles. The maximum Gasteiger partial charge on any atom is 0.339 e. The van der Waals surface area contributed by atoms with E-state index in [2.05, 4.69) is 15.9 Å². The van der Waals surface area contributed by atoms with E-state index in [4.69, 9.17) is 10.00 Å². The van der Waals surface area contributed by atoms with E-state index in [1.54, 1.807) is 0 Å². The second-order valence-electron chi connectivity index (χ2n) is 4.64. The first kappa shape index (κ1) is 18.6. The summed E-state index contributed by atoms with van der Waals surface area (Å²) in [6.45, 7) is 1.62. The number of carbonyl (C=O) groups excluding carboxylic acids is 2. The summed E-state index contributed by atoms with van der Waals surface area (Å²) in [6, 6.07) is 5.70. The third-order valence-electron chi connectivity index (χ3n) is 2.95. The molecule has 0 radical (unpaired) electrons. The van der Waals surface area contributed by atoms with Crippen molar-refractivity contribution in [3.05, 3.63) is 38.3 Å². The van der Waals surface area contributed by atoms with Crippen molar-refractivity contribution in [1.29, 1.82) is 5.26 Å². The van der Waals surface area contributed by atoms with Crippen molar-refractivity contribution in [2.24, 2.45) is 0 Å². The second kappa shape index (κ2) is 8.24. The number of amides is 1. The van der Waals surface area contributed by atoms with Crippen LogP contribution in [0.1, 0.15) is 23.7 Å². The molecule has 0 aliphatic rings. The van der Waals surface area contributed by atoms with Crippen LogP contribution in [-0.4, -0.2) is 41.4 Å². The van der Waals surface area contributed by atoms with Gasteiger partial charge in [-0.3, -0.25) is 14.9 Å². The number of ether oxygens (including phenoxy) is 1. The Hall–Kier alpha value is -2.47. The van der Waals surface area contributed by atoms with E-state index >= 15 is 0 Å². The molecule has 0 aliphatic heterocycles. The number of likely N-dealkylation sites (N-methyl/N-ethyl adjacent to an activating group) is 1. The fourth-order valence-electron chi connectivity index (χ4n) is 1.70. The zero-order valence-corrected chi connectivity index (χ0v) is 14.1. The first-order valence-electron chi connectivity index (χ1n) is 6.54. The van der Waals surface area contributed by atoms with Crippen molar-refractivity contribution < 1.29 is 19.2 Å². The van der Waals surface area contributed by atoms with Crippen LogP contribution in [0.5, 0.6) is 0 Å². The van der Waals surface area contributed by atoms with Crippen LogP contribution in [0.3, 0.4) is 0 Å². The van der Waals surface area contributed by atoms with Gasteiger partial charge in [-0.15, -0.1) is 0 Å². The van der Waals surface area contributed by atoms with Crippen LogP contribution in [0.15, 0.2) is 22.7 Å². The molecule has 0 unspecified atom stereocenters. The highest BCUT2D eigenvalue weighted by molar-refractivity contribution is 9.10. The first-order valence-corrected chi connectivity index (χ1v) is 7.34. The molecule has 0 saturated carbocycles. The summed E-state index contributed by atoms with van der Waals surface area (Å²) in [6.07, 6.45) is -0.893. The van der Waals surface area contributed by atoms with Gasteiger partial charge in [0.25, 0.3) is 11.6 Å². The van der Waals surface area contributed by atoms with Gasteiger partial charge in [-0.05, 0) is 35.0 Å². The van der Waals surface area contributed by atoms with Crippen LogP contribution in [-0.2, 0) is 9.53 Å². The maximum atomic E-state index is 12.0. The molecule has 1 rings (SSSR count). The third kappa shape index (κ3) is 5.03. The average molecular weight is 384 g/mol. The normalized spacial score (nSPS) is 11.2. The summed E-state index contributed by atoms with van der Waals surface area (Å²) in [5, 5.41) is 19.3. The topological polar surface area (TPSA) is 114 Å². The molecule has 0 spiro atoms. The number of nitro groups is 1. The number of nitrogens with zero attached hydrogens (tertiary/aromatic N) is 3. The Morgan fingerprint density at radius 3 is 2.74 bits per heavy atom. The summed E-state index contributed by atoms with van der Waals surface area (Å²) < 4.78 is 5.26. The summed E-state index contributed by atoms with van der Waals surface area (Å²) in [5.41, 5.74) is -0.302. The molecule has 122 valence electrons. The van der Waals surface area contributed by atoms with Crippen LogP contribution in [0.4, 0.5) is 5.69 Å². The molecule has 0 heterocycles. The molecule has 1 amide bonds. The summed E-state index contributed by atoms with van der Waals surface area (Å²) in [7, 11) is 1.49. The van der Waals surface area contributed by atoms with Crippen LogP contribution in [0.25, 0.3) is 0 Å². The molecular weight excluding hydrogens is 370 g/mol. The van der Waals surface area contributed by atoms with Gasteiger partial charge in [-0.1, -0.05) is 0 Å². The fourth-order valence-corrected chi connectivity index (χ4v) is 2.09. The first-order chi connectivity index (χ1) is 10.8. The number of benzene rings is 1. The van der Waals surface area contributed by atoms with Crippen molar-refractivity contribution in [2.45, 2.75) is 19.4 Å². The van der Waals surface area contributed by atoms with Gasteiger partial charge in [0.1, 0.15) is 0 Å². The van der Waals surface area contributed by atoms with Gasteiger partial charge >= 0.3 is 5.97 Å². The van der Waals surface area contributed by atoms with Crippen molar-refractivity contribution >= 4 is 33.5 Å². The van der Waals surface area contributed by atoms with Gasteiger partial charge in [-0.25, -0.2) is 4.79 Å². The van der Waals surface area contributed by atoms with Gasteiger partial charge in [0.05, 0.1) is 27.4 Å². The predicted molar refractivity (Wildman–Crippen MR) is 83.5 cm³/mol. The Labute approximate surface area is 140 Å². The highest BCUT2D eigenvalue weighted by atomic mass is 79.9. The minimum Gasteiger partial charge on any atom is -0.449 e. The lowest BCUT2D eigenvalue weighted by molar-refractivity contribution is -0.385. The fraction of sp³-hybridized carbons (Fsp3) is 0.357. The molecular formula is C14H14BrN3O5. The zero-order chi connectivity index (χ0) is 17.6. The van der Waals surface area contributed by atoms with Crippen LogP contribution in [0, 0.1) is 21.4 Å². The van der Waals surface area contributed by atoms with E-state index in [-0.39, 0.29) is 28.7 Å². The molecule has 0 aromatic heterocycles. The second-order valence-corrected chi connectivity index (χ2v) is 5.49. The number of hydrogen-bond donors (Lipinski definition) is 0. The minimum atomic E-state index is -1.06. The standard InChI is InChI=1S/C14H14BrN3O5/c1-9(13(19)17(2)7-3-6-16)23-14(20)10-4-5-11(15)12(8-10)18(21)22/h4-5,8-9H,3,7H2,1-2H3/t9-/m0/s1. The molecule has 0 N–H and O–H groups in total. The Kier molecular flexibility index (Phi) is 6.65. The Bertz CT molecular complexity index is 671. The lowest BCUT2D eigenvalue weighted by atomic mass is 10.2. The molecule has 0 saturated heterocycles. The molecule has 1 aromatic rings. The van der Waals surface area contributed by atoms with E-state index in [1.165, 1.54) is 31.0 Å². The van der Waals surface area contributed by atoms with E-state index < -0.39 is 22.9 Å². The summed E-state index contributed by atoms with van der Waals surface area (Å²) in [5.74, 6) is -1.30. The largest absolute Gasteiger partial charge is 0.449 e. The van der Waals surface area contributed by atoms with Crippen molar-refractivity contribution in [1.82, 2.24) is 4.90 Å². The quantitative estimate of drug-likeness (QED) is 0.422. The highest BCUT2D eigenvalue weighted by Gasteiger charge is 2.23. The number of rotatable bonds is 6. The number of halogens is 1. The molecule has 1 aromatic carbocycles. The number of nitriles is 1. The number of esters is 1. The van der Waals surface area contributed by atoms with E-state index in [0.717, 1.165) is 6.07 Å². The molecule has 23 heavy (non-hydrogen) atoms. The molecule has 0 fully saturated rings. The van der Waals surface area contributed by atoms with E-state index in [1.807, 2.05) is 6.07 Å². The number of nitro benzene ring substituents is 1. The van der Waals surface area contributed by atoms with Gasteiger partial charge < -0.3 is 9.64 Å². The van der Waals surface area contributed by atoms with Crippen LogP contribution < -0.4 is 0 Å². The monoisotopic (exact) mass is 383 g/mol. The Balaban J connectivity index is 2.80. The SMILES string of the molecule is C[C@H](OC(=O)c1ccc(Br)c([N+](=O)[O-])c1)C(=O)N(C)CCC#N. The van der Waals surface area contributed by atoms with Crippen LogP contribution >= 0.6 is 15.9 Å². The van der Waals surface area contributed by atoms with Gasteiger partial charge in [0.15, 0.2) is 6.10 Å². The molecule has 8 nitrogen and oxygen atoms in total. The third-order valence-corrected chi connectivity index (χ3v) is 3.62. The molecule has 9 heteroatoms. The molecule has 0 bridgehead atoms.